The zero-order valence-electron chi connectivity index (χ0n) is 8.18. The SMILES string of the molecule is Fc1cc(Cl)ccc1C(Cl)c1cc(Br)c(Cl)s1. The molecule has 0 saturated carbocycles. The molecule has 0 bridgehead atoms. The van der Waals surface area contributed by atoms with Crippen molar-refractivity contribution < 1.29 is 4.39 Å². The van der Waals surface area contributed by atoms with E-state index in [1.165, 1.54) is 17.4 Å². The monoisotopic (exact) mass is 372 g/mol. The van der Waals surface area contributed by atoms with Crippen LogP contribution in [0.1, 0.15) is 15.8 Å². The Bertz CT molecular complexity index is 536. The van der Waals surface area contributed by atoms with Gasteiger partial charge in [-0.1, -0.05) is 29.3 Å². The van der Waals surface area contributed by atoms with Crippen LogP contribution in [-0.4, -0.2) is 0 Å². The van der Waals surface area contributed by atoms with E-state index in [0.29, 0.717) is 14.9 Å². The molecular formula is C11H5BrCl3FS. The highest BCUT2D eigenvalue weighted by atomic mass is 79.9. The molecule has 6 heteroatoms. The molecule has 0 spiro atoms. The molecule has 1 atom stereocenters. The van der Waals surface area contributed by atoms with Crippen molar-refractivity contribution in [3.63, 3.8) is 0 Å². The normalized spacial score (nSPS) is 12.8. The van der Waals surface area contributed by atoms with E-state index in [0.717, 1.165) is 9.35 Å². The molecule has 0 N–H and O–H groups in total. The lowest BCUT2D eigenvalue weighted by atomic mass is 10.1. The van der Waals surface area contributed by atoms with Crippen molar-refractivity contribution in [2.75, 3.05) is 0 Å². The van der Waals surface area contributed by atoms with Gasteiger partial charge in [0.1, 0.15) is 10.2 Å². The third kappa shape index (κ3) is 2.96. The second-order valence-electron chi connectivity index (χ2n) is 3.30. The van der Waals surface area contributed by atoms with Gasteiger partial charge in [0.15, 0.2) is 0 Å². The van der Waals surface area contributed by atoms with E-state index in [4.69, 9.17) is 34.8 Å². The maximum absolute atomic E-state index is 13.7. The highest BCUT2D eigenvalue weighted by molar-refractivity contribution is 9.10. The van der Waals surface area contributed by atoms with Gasteiger partial charge in [-0.2, -0.15) is 0 Å². The van der Waals surface area contributed by atoms with E-state index in [2.05, 4.69) is 15.9 Å². The molecule has 2 aromatic rings. The van der Waals surface area contributed by atoms with E-state index in [1.807, 2.05) is 0 Å². The molecule has 90 valence electrons. The summed E-state index contributed by atoms with van der Waals surface area (Å²) in [6, 6.07) is 6.23. The molecule has 1 aromatic carbocycles. The molecule has 2 rings (SSSR count). The summed E-state index contributed by atoms with van der Waals surface area (Å²) >= 11 is 22.4. The maximum atomic E-state index is 13.7. The van der Waals surface area contributed by atoms with Gasteiger partial charge in [0.2, 0.25) is 0 Å². The largest absolute Gasteiger partial charge is 0.207 e. The highest BCUT2D eigenvalue weighted by Crippen LogP contribution is 2.41. The van der Waals surface area contributed by atoms with Crippen molar-refractivity contribution in [1.29, 1.82) is 0 Å². The summed E-state index contributed by atoms with van der Waals surface area (Å²) in [5.74, 6) is -0.418. The average Bonchev–Trinajstić information content (AvgIpc) is 2.58. The van der Waals surface area contributed by atoms with Crippen LogP contribution in [0.5, 0.6) is 0 Å². The Morgan fingerprint density at radius 2 is 1.94 bits per heavy atom. The molecule has 1 aromatic heterocycles. The van der Waals surface area contributed by atoms with Crippen LogP contribution in [0.3, 0.4) is 0 Å². The zero-order chi connectivity index (χ0) is 12.6. The first-order valence-electron chi connectivity index (χ1n) is 4.53. The van der Waals surface area contributed by atoms with E-state index < -0.39 is 11.2 Å². The second kappa shape index (κ2) is 5.45. The summed E-state index contributed by atoms with van der Waals surface area (Å²) < 4.78 is 15.0. The molecule has 17 heavy (non-hydrogen) atoms. The first-order chi connectivity index (χ1) is 7.99. The van der Waals surface area contributed by atoms with Gasteiger partial charge < -0.3 is 0 Å². The van der Waals surface area contributed by atoms with Crippen molar-refractivity contribution in [3.8, 4) is 0 Å². The maximum Gasteiger partial charge on any atom is 0.129 e. The van der Waals surface area contributed by atoms with Crippen LogP contribution in [0.2, 0.25) is 9.36 Å². The summed E-state index contributed by atoms with van der Waals surface area (Å²) in [6.45, 7) is 0. The van der Waals surface area contributed by atoms with Crippen molar-refractivity contribution in [1.82, 2.24) is 0 Å². The fraction of sp³-hybridized carbons (Fsp3) is 0.0909. The van der Waals surface area contributed by atoms with Gasteiger partial charge in [0, 0.05) is 19.9 Å². The Labute approximate surface area is 125 Å². The Morgan fingerprint density at radius 1 is 1.24 bits per heavy atom. The topological polar surface area (TPSA) is 0 Å². The molecule has 0 amide bonds. The van der Waals surface area contributed by atoms with Crippen LogP contribution in [0.4, 0.5) is 4.39 Å². The van der Waals surface area contributed by atoms with Gasteiger partial charge in [-0.15, -0.1) is 22.9 Å². The predicted octanol–water partition coefficient (Wildman–Crippen LogP) is 6.28. The van der Waals surface area contributed by atoms with Gasteiger partial charge in [-0.05, 0) is 34.1 Å². The van der Waals surface area contributed by atoms with Crippen LogP contribution in [0.25, 0.3) is 0 Å². The Balaban J connectivity index is 2.39. The van der Waals surface area contributed by atoms with Gasteiger partial charge in [0.25, 0.3) is 0 Å². The minimum atomic E-state index is -0.568. The first kappa shape index (κ1) is 13.6. The summed E-state index contributed by atoms with van der Waals surface area (Å²) in [6.07, 6.45) is 0. The van der Waals surface area contributed by atoms with Crippen molar-refractivity contribution in [2.24, 2.45) is 0 Å². The summed E-state index contributed by atoms with van der Waals surface area (Å²) in [5.41, 5.74) is 0.390. The zero-order valence-corrected chi connectivity index (χ0v) is 12.9. The lowest BCUT2D eigenvalue weighted by Gasteiger charge is -2.08. The molecule has 0 radical (unpaired) electrons. The highest BCUT2D eigenvalue weighted by Gasteiger charge is 2.18. The van der Waals surface area contributed by atoms with Crippen molar-refractivity contribution >= 4 is 62.1 Å². The van der Waals surface area contributed by atoms with Gasteiger partial charge in [0.05, 0.1) is 5.38 Å². The van der Waals surface area contributed by atoms with Gasteiger partial charge in [-0.25, -0.2) is 4.39 Å². The smallest absolute Gasteiger partial charge is 0.129 e. The third-order valence-corrected chi connectivity index (χ3v) is 5.52. The minimum Gasteiger partial charge on any atom is -0.207 e. The van der Waals surface area contributed by atoms with Crippen LogP contribution in [0.15, 0.2) is 28.7 Å². The standard InChI is InChI=1S/C11H5BrCl3FS/c12-7-4-9(17-11(7)15)10(14)6-2-1-5(13)3-8(6)16/h1-4,10H. The number of rotatable bonds is 2. The Morgan fingerprint density at radius 3 is 2.47 bits per heavy atom. The molecule has 0 aliphatic heterocycles. The summed E-state index contributed by atoms with van der Waals surface area (Å²) in [4.78, 5) is 0.782. The van der Waals surface area contributed by atoms with Gasteiger partial charge >= 0.3 is 0 Å². The quantitative estimate of drug-likeness (QED) is 0.542. The molecule has 0 aliphatic carbocycles. The molecule has 0 aliphatic rings. The molecule has 0 fully saturated rings. The number of hydrogen-bond donors (Lipinski definition) is 0. The summed E-state index contributed by atoms with van der Waals surface area (Å²) in [5, 5.41) is -0.221. The van der Waals surface area contributed by atoms with E-state index in [-0.39, 0.29) is 0 Å². The van der Waals surface area contributed by atoms with E-state index >= 15 is 0 Å². The second-order valence-corrected chi connectivity index (χ2v) is 6.71. The van der Waals surface area contributed by atoms with Gasteiger partial charge in [-0.3, -0.25) is 0 Å². The van der Waals surface area contributed by atoms with Crippen LogP contribution >= 0.6 is 62.1 Å². The van der Waals surface area contributed by atoms with E-state index in [9.17, 15) is 4.39 Å². The molecule has 1 heterocycles. The number of halogens is 5. The molecule has 0 nitrogen and oxygen atoms in total. The third-order valence-electron chi connectivity index (χ3n) is 2.15. The summed E-state index contributed by atoms with van der Waals surface area (Å²) in [7, 11) is 0. The number of thiophene rings is 1. The first-order valence-corrected chi connectivity index (χ1v) is 7.33. The average molecular weight is 374 g/mol. The predicted molar refractivity (Wildman–Crippen MR) is 76.1 cm³/mol. The Hall–Kier alpha value is 0.200. The van der Waals surface area contributed by atoms with Crippen LogP contribution in [0, 0.1) is 5.82 Å². The fourth-order valence-corrected chi connectivity index (χ4v) is 3.61. The minimum absolute atomic E-state index is 0.348. The molecule has 1 unspecified atom stereocenters. The number of benzene rings is 1. The lowest BCUT2D eigenvalue weighted by Crippen LogP contribution is -1.94. The van der Waals surface area contributed by atoms with Crippen LogP contribution in [-0.2, 0) is 0 Å². The molecular weight excluding hydrogens is 369 g/mol. The lowest BCUT2D eigenvalue weighted by molar-refractivity contribution is 0.613. The van der Waals surface area contributed by atoms with Crippen LogP contribution < -0.4 is 0 Å². The Kier molecular flexibility index (Phi) is 4.37. The number of alkyl halides is 1. The molecule has 0 saturated heterocycles. The van der Waals surface area contributed by atoms with Crippen molar-refractivity contribution in [2.45, 2.75) is 5.38 Å². The fourth-order valence-electron chi connectivity index (χ4n) is 1.35. The van der Waals surface area contributed by atoms with Crippen molar-refractivity contribution in [3.05, 3.63) is 54.4 Å². The van der Waals surface area contributed by atoms with E-state index in [1.54, 1.807) is 18.2 Å². The number of hydrogen-bond acceptors (Lipinski definition) is 1.